The van der Waals surface area contributed by atoms with Crippen molar-refractivity contribution < 1.29 is 13.2 Å². The van der Waals surface area contributed by atoms with E-state index in [1.807, 2.05) is 11.8 Å². The van der Waals surface area contributed by atoms with Crippen LogP contribution >= 0.6 is 11.8 Å². The zero-order valence-electron chi connectivity index (χ0n) is 7.99. The van der Waals surface area contributed by atoms with E-state index in [0.29, 0.717) is 12.8 Å². The summed E-state index contributed by atoms with van der Waals surface area (Å²) in [6, 6.07) is 0. The monoisotopic (exact) mass is 214 g/mol. The van der Waals surface area contributed by atoms with E-state index in [9.17, 15) is 13.2 Å². The summed E-state index contributed by atoms with van der Waals surface area (Å²) < 4.78 is 35.0. The summed E-state index contributed by atoms with van der Waals surface area (Å²) in [7, 11) is 0. The molecule has 4 heteroatoms. The van der Waals surface area contributed by atoms with Crippen molar-refractivity contribution in [3.63, 3.8) is 0 Å². The molecule has 0 atom stereocenters. The van der Waals surface area contributed by atoms with Gasteiger partial charge in [-0.05, 0) is 24.3 Å². The normalized spacial score (nSPS) is 12.0. The Bertz CT molecular complexity index is 112. The molecular formula is C9H17F3S. The van der Waals surface area contributed by atoms with Crippen molar-refractivity contribution in [3.8, 4) is 0 Å². The molecule has 0 fully saturated rings. The Kier molecular flexibility index (Phi) is 7.62. The molecule has 0 aromatic heterocycles. The van der Waals surface area contributed by atoms with E-state index in [4.69, 9.17) is 0 Å². The second-order valence-corrected chi connectivity index (χ2v) is 4.37. The SMILES string of the molecule is CCSCCCCCCC(F)(F)F. The van der Waals surface area contributed by atoms with Crippen LogP contribution in [0.5, 0.6) is 0 Å². The van der Waals surface area contributed by atoms with Gasteiger partial charge in [0.15, 0.2) is 0 Å². The molecule has 0 saturated heterocycles. The van der Waals surface area contributed by atoms with Crippen molar-refractivity contribution >= 4 is 11.8 Å². The third-order valence-electron chi connectivity index (χ3n) is 1.70. The highest BCUT2D eigenvalue weighted by molar-refractivity contribution is 7.99. The fourth-order valence-electron chi connectivity index (χ4n) is 1.03. The predicted molar refractivity (Wildman–Crippen MR) is 52.1 cm³/mol. The lowest BCUT2D eigenvalue weighted by Crippen LogP contribution is -2.06. The smallest absolute Gasteiger partial charge is 0.171 e. The van der Waals surface area contributed by atoms with E-state index in [0.717, 1.165) is 24.3 Å². The van der Waals surface area contributed by atoms with Crippen LogP contribution in [0, 0.1) is 0 Å². The molecule has 0 aliphatic heterocycles. The number of hydrogen-bond acceptors (Lipinski definition) is 1. The molecule has 0 radical (unpaired) electrons. The number of alkyl halides is 3. The van der Waals surface area contributed by atoms with Gasteiger partial charge in [-0.15, -0.1) is 0 Å². The van der Waals surface area contributed by atoms with Crippen LogP contribution in [0.25, 0.3) is 0 Å². The Hall–Kier alpha value is 0.140. The molecule has 0 unspecified atom stereocenters. The Morgan fingerprint density at radius 2 is 1.62 bits per heavy atom. The van der Waals surface area contributed by atoms with Gasteiger partial charge in [0.25, 0.3) is 0 Å². The lowest BCUT2D eigenvalue weighted by molar-refractivity contribution is -0.135. The molecule has 0 aliphatic rings. The van der Waals surface area contributed by atoms with Gasteiger partial charge in [-0.1, -0.05) is 19.8 Å². The molecule has 0 N–H and O–H groups in total. The van der Waals surface area contributed by atoms with Crippen LogP contribution in [0.15, 0.2) is 0 Å². The van der Waals surface area contributed by atoms with Gasteiger partial charge >= 0.3 is 6.18 Å². The summed E-state index contributed by atoms with van der Waals surface area (Å²) in [6.07, 6.45) is -1.59. The molecule has 0 heterocycles. The molecule has 0 aromatic carbocycles. The van der Waals surface area contributed by atoms with E-state index in [2.05, 4.69) is 6.92 Å². The third kappa shape index (κ3) is 12.1. The van der Waals surface area contributed by atoms with E-state index in [1.165, 1.54) is 0 Å². The van der Waals surface area contributed by atoms with Crippen LogP contribution in [0.1, 0.15) is 39.0 Å². The number of hydrogen-bond donors (Lipinski definition) is 0. The summed E-state index contributed by atoms with van der Waals surface area (Å²) in [4.78, 5) is 0. The standard InChI is InChI=1S/C9H17F3S/c1-2-13-8-6-4-3-5-7-9(10,11)12/h2-8H2,1H3. The molecule has 0 rings (SSSR count). The van der Waals surface area contributed by atoms with Gasteiger partial charge < -0.3 is 0 Å². The second-order valence-electron chi connectivity index (χ2n) is 2.98. The minimum absolute atomic E-state index is 0.292. The maximum absolute atomic E-state index is 11.7. The first kappa shape index (κ1) is 13.1. The van der Waals surface area contributed by atoms with Gasteiger partial charge in [0, 0.05) is 6.42 Å². The molecule has 0 amide bonds. The largest absolute Gasteiger partial charge is 0.389 e. The Balaban J connectivity index is 3.00. The molecule has 0 saturated carbocycles. The molecule has 0 aromatic rings. The Labute approximate surface area is 82.3 Å². The lowest BCUT2D eigenvalue weighted by Gasteiger charge is -2.05. The summed E-state index contributed by atoms with van der Waals surface area (Å²) in [5.41, 5.74) is 0. The zero-order chi connectivity index (χ0) is 10.2. The summed E-state index contributed by atoms with van der Waals surface area (Å²) in [5, 5.41) is 0. The average molecular weight is 214 g/mol. The number of rotatable bonds is 7. The second kappa shape index (κ2) is 7.54. The van der Waals surface area contributed by atoms with Crippen LogP contribution in [0.4, 0.5) is 13.2 Å². The summed E-state index contributed by atoms with van der Waals surface area (Å²) in [5.74, 6) is 2.19. The first-order valence-electron chi connectivity index (χ1n) is 4.70. The highest BCUT2D eigenvalue weighted by Gasteiger charge is 2.25. The molecule has 0 spiro atoms. The van der Waals surface area contributed by atoms with E-state index < -0.39 is 12.6 Å². The Morgan fingerprint density at radius 3 is 2.15 bits per heavy atom. The minimum Gasteiger partial charge on any atom is -0.171 e. The topological polar surface area (TPSA) is 0 Å². The van der Waals surface area contributed by atoms with Crippen LogP contribution < -0.4 is 0 Å². The molecule has 0 nitrogen and oxygen atoms in total. The van der Waals surface area contributed by atoms with Crippen LogP contribution in [-0.2, 0) is 0 Å². The predicted octanol–water partition coefficient (Wildman–Crippen LogP) is 4.25. The lowest BCUT2D eigenvalue weighted by atomic mass is 10.1. The first-order chi connectivity index (χ1) is 6.06. The quantitative estimate of drug-likeness (QED) is 0.571. The number of thioether (sulfide) groups is 1. The van der Waals surface area contributed by atoms with Crippen LogP contribution in [-0.4, -0.2) is 17.7 Å². The van der Waals surface area contributed by atoms with Crippen molar-refractivity contribution in [2.75, 3.05) is 11.5 Å². The minimum atomic E-state index is -3.96. The van der Waals surface area contributed by atoms with Crippen molar-refractivity contribution in [1.29, 1.82) is 0 Å². The van der Waals surface area contributed by atoms with Crippen molar-refractivity contribution in [2.24, 2.45) is 0 Å². The number of unbranched alkanes of at least 4 members (excludes halogenated alkanes) is 3. The maximum atomic E-state index is 11.7. The van der Waals surface area contributed by atoms with Gasteiger partial charge in [0.05, 0.1) is 0 Å². The van der Waals surface area contributed by atoms with Crippen LogP contribution in [0.3, 0.4) is 0 Å². The van der Waals surface area contributed by atoms with Gasteiger partial charge in [-0.2, -0.15) is 24.9 Å². The van der Waals surface area contributed by atoms with Gasteiger partial charge in [-0.3, -0.25) is 0 Å². The highest BCUT2D eigenvalue weighted by Crippen LogP contribution is 2.23. The van der Waals surface area contributed by atoms with Crippen molar-refractivity contribution in [1.82, 2.24) is 0 Å². The third-order valence-corrected chi connectivity index (χ3v) is 2.69. The Morgan fingerprint density at radius 1 is 1.00 bits per heavy atom. The van der Waals surface area contributed by atoms with E-state index in [-0.39, 0.29) is 0 Å². The van der Waals surface area contributed by atoms with Gasteiger partial charge in [0.2, 0.25) is 0 Å². The molecule has 0 bridgehead atoms. The van der Waals surface area contributed by atoms with Gasteiger partial charge in [-0.25, -0.2) is 0 Å². The first-order valence-corrected chi connectivity index (χ1v) is 5.86. The highest BCUT2D eigenvalue weighted by atomic mass is 32.2. The van der Waals surface area contributed by atoms with Crippen molar-refractivity contribution in [2.45, 2.75) is 45.2 Å². The fourth-order valence-corrected chi connectivity index (χ4v) is 1.72. The fraction of sp³-hybridized carbons (Fsp3) is 1.00. The maximum Gasteiger partial charge on any atom is 0.389 e. The molecule has 0 aliphatic carbocycles. The molecule has 80 valence electrons. The summed E-state index contributed by atoms with van der Waals surface area (Å²) >= 11 is 1.85. The number of halogens is 3. The average Bonchev–Trinajstić information content (AvgIpc) is 2.01. The van der Waals surface area contributed by atoms with Gasteiger partial charge in [0.1, 0.15) is 0 Å². The molecule has 13 heavy (non-hydrogen) atoms. The van der Waals surface area contributed by atoms with E-state index >= 15 is 0 Å². The molecular weight excluding hydrogens is 197 g/mol. The van der Waals surface area contributed by atoms with Crippen LogP contribution in [0.2, 0.25) is 0 Å². The zero-order valence-corrected chi connectivity index (χ0v) is 8.81. The van der Waals surface area contributed by atoms with Crippen molar-refractivity contribution in [3.05, 3.63) is 0 Å². The summed E-state index contributed by atoms with van der Waals surface area (Å²) in [6.45, 7) is 2.09. The van der Waals surface area contributed by atoms with E-state index in [1.54, 1.807) is 0 Å².